The zero-order valence-corrected chi connectivity index (χ0v) is 23.3. The van der Waals surface area contributed by atoms with Gasteiger partial charge >= 0.3 is 6.18 Å². The van der Waals surface area contributed by atoms with E-state index in [0.717, 1.165) is 29.4 Å². The Kier molecular flexibility index (Phi) is 7.90. The highest BCUT2D eigenvalue weighted by Crippen LogP contribution is 2.36. The van der Waals surface area contributed by atoms with E-state index in [0.29, 0.717) is 35.4 Å². The Hall–Kier alpha value is -3.77. The lowest BCUT2D eigenvalue weighted by atomic mass is 10.0. The van der Waals surface area contributed by atoms with Crippen molar-refractivity contribution >= 4 is 26.6 Å². The van der Waals surface area contributed by atoms with Crippen molar-refractivity contribution in [3.8, 4) is 11.8 Å². The molecule has 0 radical (unpaired) electrons. The predicted octanol–water partition coefficient (Wildman–Crippen LogP) is 4.64. The maximum absolute atomic E-state index is 14.1. The summed E-state index contributed by atoms with van der Waals surface area (Å²) in [6.07, 6.45) is 0.499. The van der Waals surface area contributed by atoms with Crippen LogP contribution >= 0.6 is 9.39 Å². The molecule has 0 N–H and O–H groups in total. The van der Waals surface area contributed by atoms with Gasteiger partial charge in [0.25, 0.3) is 5.91 Å². The van der Waals surface area contributed by atoms with Gasteiger partial charge in [-0.05, 0) is 58.8 Å². The van der Waals surface area contributed by atoms with Gasteiger partial charge in [-0.3, -0.25) is 14.4 Å². The van der Waals surface area contributed by atoms with Crippen LogP contribution in [0.3, 0.4) is 0 Å². The molecule has 40 heavy (non-hydrogen) atoms. The highest BCUT2D eigenvalue weighted by molar-refractivity contribution is 7.21. The number of piperazine rings is 1. The molecular weight excluding hydrogens is 536 g/mol. The van der Waals surface area contributed by atoms with Crippen LogP contribution in [0.25, 0.3) is 5.65 Å². The molecule has 1 fully saturated rings. The molecular formula is C29H28F3N6OP. The van der Waals surface area contributed by atoms with E-state index in [1.807, 2.05) is 18.9 Å². The molecule has 0 spiro atoms. The highest BCUT2D eigenvalue weighted by atomic mass is 31.0. The van der Waals surface area contributed by atoms with Crippen LogP contribution in [0, 0.1) is 18.8 Å². The van der Waals surface area contributed by atoms with Crippen LogP contribution in [0.4, 0.5) is 18.9 Å². The molecule has 0 aliphatic carbocycles. The van der Waals surface area contributed by atoms with Crippen LogP contribution in [0.15, 0.2) is 61.1 Å². The summed E-state index contributed by atoms with van der Waals surface area (Å²) in [7, 11) is 4.25. The number of rotatable bonds is 4. The second-order valence-corrected chi connectivity index (χ2v) is 10.4. The van der Waals surface area contributed by atoms with Crippen LogP contribution in [-0.2, 0) is 12.7 Å². The minimum Gasteiger partial charge on any atom is -0.304 e. The number of carbonyl (C=O) groups excluding carboxylic acids is 1. The quantitative estimate of drug-likeness (QED) is 0.267. The zero-order chi connectivity index (χ0) is 28.4. The third-order valence-electron chi connectivity index (χ3n) is 6.96. The van der Waals surface area contributed by atoms with Crippen LogP contribution in [0.2, 0.25) is 0 Å². The second-order valence-electron chi connectivity index (χ2n) is 9.85. The number of benzene rings is 2. The Morgan fingerprint density at radius 2 is 1.85 bits per heavy atom. The van der Waals surface area contributed by atoms with Crippen molar-refractivity contribution in [1.29, 1.82) is 0 Å². The lowest BCUT2D eigenvalue weighted by Crippen LogP contribution is -2.44. The summed E-state index contributed by atoms with van der Waals surface area (Å²) in [5.41, 5.74) is 2.75. The Morgan fingerprint density at radius 1 is 1.07 bits per heavy atom. The van der Waals surface area contributed by atoms with Crippen molar-refractivity contribution in [2.75, 3.05) is 37.9 Å². The number of aryl methyl sites for hydroxylation is 1. The van der Waals surface area contributed by atoms with Crippen molar-refractivity contribution in [3.63, 3.8) is 0 Å². The second kappa shape index (κ2) is 11.4. The molecule has 1 aliphatic rings. The predicted molar refractivity (Wildman–Crippen MR) is 151 cm³/mol. The van der Waals surface area contributed by atoms with Gasteiger partial charge in [0.15, 0.2) is 5.65 Å². The maximum Gasteiger partial charge on any atom is 0.416 e. The molecule has 0 bridgehead atoms. The number of halogens is 3. The lowest BCUT2D eigenvalue weighted by molar-refractivity contribution is -0.138. The molecule has 2 aromatic heterocycles. The number of amides is 1. The first kappa shape index (κ1) is 27.8. The number of likely N-dealkylation sites (N-methyl/N-ethyl adjacent to an activating group) is 1. The number of hydrogen-bond acceptors (Lipinski definition) is 5. The number of alkyl halides is 3. The number of aromatic nitrogens is 3. The van der Waals surface area contributed by atoms with Crippen molar-refractivity contribution in [2.45, 2.75) is 19.6 Å². The monoisotopic (exact) mass is 564 g/mol. The molecule has 1 saturated heterocycles. The van der Waals surface area contributed by atoms with Crippen molar-refractivity contribution < 1.29 is 18.0 Å². The van der Waals surface area contributed by atoms with Gasteiger partial charge in [-0.25, -0.2) is 9.50 Å². The third kappa shape index (κ3) is 6.18. The summed E-state index contributed by atoms with van der Waals surface area (Å²) in [6, 6.07) is 10.9. The van der Waals surface area contributed by atoms with Gasteiger partial charge in [0.1, 0.15) is 0 Å². The first-order valence-electron chi connectivity index (χ1n) is 12.7. The number of hydrogen-bond donors (Lipinski definition) is 0. The number of anilines is 1. The molecule has 1 aliphatic heterocycles. The summed E-state index contributed by atoms with van der Waals surface area (Å²) in [5, 5.41) is 4.16. The first-order valence-corrected chi connectivity index (χ1v) is 13.2. The van der Waals surface area contributed by atoms with Crippen LogP contribution in [-0.4, -0.2) is 63.5 Å². The number of nitrogens with zero attached hydrogens (tertiary/aromatic N) is 6. The summed E-state index contributed by atoms with van der Waals surface area (Å²) < 4.78 is 45.0. The Morgan fingerprint density at radius 3 is 2.60 bits per heavy atom. The molecule has 7 nitrogen and oxygen atoms in total. The average molecular weight is 565 g/mol. The topological polar surface area (TPSA) is 57.0 Å². The fraction of sp³-hybridized carbons (Fsp3) is 0.276. The number of fused-ring (bicyclic) bond motifs is 1. The molecule has 1 unspecified atom stereocenters. The first-order chi connectivity index (χ1) is 19.1. The largest absolute Gasteiger partial charge is 0.416 e. The van der Waals surface area contributed by atoms with Crippen molar-refractivity contribution in [2.24, 2.45) is 0 Å². The summed E-state index contributed by atoms with van der Waals surface area (Å²) in [4.78, 5) is 21.8. The Labute approximate surface area is 232 Å². The molecule has 5 rings (SSSR count). The minimum atomic E-state index is -4.55. The van der Waals surface area contributed by atoms with Crippen molar-refractivity contribution in [3.05, 3.63) is 94.4 Å². The summed E-state index contributed by atoms with van der Waals surface area (Å²) >= 11 is 0. The molecule has 0 saturated carbocycles. The normalized spacial score (nSPS) is 14.7. The molecule has 2 aromatic carbocycles. The van der Waals surface area contributed by atoms with Crippen molar-refractivity contribution in [1.82, 2.24) is 24.4 Å². The average Bonchev–Trinajstić information content (AvgIpc) is 3.41. The van der Waals surface area contributed by atoms with E-state index in [1.165, 1.54) is 6.07 Å². The van der Waals surface area contributed by atoms with Crippen LogP contribution in [0.5, 0.6) is 0 Å². The maximum atomic E-state index is 14.1. The van der Waals surface area contributed by atoms with E-state index in [9.17, 15) is 18.0 Å². The summed E-state index contributed by atoms with van der Waals surface area (Å²) in [5.74, 6) is 5.65. The molecule has 206 valence electrons. The van der Waals surface area contributed by atoms with Gasteiger partial charge in [0.2, 0.25) is 0 Å². The van der Waals surface area contributed by atoms with Crippen LogP contribution < -0.4 is 4.67 Å². The van der Waals surface area contributed by atoms with E-state index >= 15 is 0 Å². The molecule has 1 atom stereocenters. The molecule has 4 aromatic rings. The Bertz CT molecular complexity index is 1620. The fourth-order valence-corrected chi connectivity index (χ4v) is 4.83. The third-order valence-corrected chi connectivity index (χ3v) is 7.49. The van der Waals surface area contributed by atoms with E-state index in [-0.39, 0.29) is 17.8 Å². The SMILES string of the molecule is Cc1ccc(C(=O)N(P)c2ccc(CN3CCN(C)CC3)c(C(F)(F)F)c2)cc1C#Cc1cnc2ccnn2c1. The van der Waals surface area contributed by atoms with Gasteiger partial charge in [-0.2, -0.15) is 18.3 Å². The van der Waals surface area contributed by atoms with Gasteiger partial charge in [-0.1, -0.05) is 24.0 Å². The molecule has 1 amide bonds. The standard InChI is InChI=1S/C29H28F3N6OP/c1-20-3-5-23(15-22(20)6-4-21-17-33-27-9-10-34-37(27)18-21)28(39)38(40)25-8-7-24(26(16-25)29(30,31)32)19-36-13-11-35(2)12-14-36/h3,5,7-10,15-18H,11-14,19,40H2,1-2H3. The zero-order valence-electron chi connectivity index (χ0n) is 22.1. The highest BCUT2D eigenvalue weighted by Gasteiger charge is 2.35. The number of carbonyl (C=O) groups is 1. The minimum absolute atomic E-state index is 0.135. The van der Waals surface area contributed by atoms with E-state index < -0.39 is 17.6 Å². The van der Waals surface area contributed by atoms with Crippen LogP contribution in [0.1, 0.15) is 38.2 Å². The smallest absolute Gasteiger partial charge is 0.304 e. The lowest BCUT2D eigenvalue weighted by Gasteiger charge is -2.33. The fourth-order valence-electron chi connectivity index (χ4n) is 4.52. The van der Waals surface area contributed by atoms with Gasteiger partial charge < -0.3 is 4.90 Å². The van der Waals surface area contributed by atoms with E-state index in [1.54, 1.807) is 53.4 Å². The van der Waals surface area contributed by atoms with Gasteiger partial charge in [0, 0.05) is 68.0 Å². The van der Waals surface area contributed by atoms with E-state index in [2.05, 4.69) is 36.2 Å². The summed E-state index contributed by atoms with van der Waals surface area (Å²) in [6.45, 7) is 5.12. The molecule has 11 heteroatoms. The Balaban J connectivity index is 1.38. The van der Waals surface area contributed by atoms with E-state index in [4.69, 9.17) is 0 Å². The van der Waals surface area contributed by atoms with Gasteiger partial charge in [-0.15, -0.1) is 0 Å². The van der Waals surface area contributed by atoms with Gasteiger partial charge in [0.05, 0.1) is 17.3 Å². The molecule has 3 heterocycles.